The van der Waals surface area contributed by atoms with Crippen LogP contribution in [0.1, 0.15) is 42.5 Å². The fraction of sp³-hybridized carbons (Fsp3) is 0.435. The second-order valence-corrected chi connectivity index (χ2v) is 9.57. The summed E-state index contributed by atoms with van der Waals surface area (Å²) in [6.45, 7) is 0.330. The third-order valence-electron chi connectivity index (χ3n) is 7.28. The fourth-order valence-electron chi connectivity index (χ4n) is 5.81. The SMILES string of the molecule is COC1CCC2(CC1)Cc1ccc(Br)cc1[C@@]21C=C(N)N(Cc2cnccn2)C1=O. The van der Waals surface area contributed by atoms with Gasteiger partial charge in [-0.25, -0.2) is 0 Å². The molecule has 1 amide bonds. The Labute approximate surface area is 184 Å². The molecule has 1 fully saturated rings. The zero-order chi connectivity index (χ0) is 20.9. The first-order valence-electron chi connectivity index (χ1n) is 10.4. The van der Waals surface area contributed by atoms with Crippen LogP contribution in [-0.4, -0.2) is 34.0 Å². The molecule has 1 aromatic heterocycles. The molecule has 7 heteroatoms. The lowest BCUT2D eigenvalue weighted by Crippen LogP contribution is -2.51. The highest BCUT2D eigenvalue weighted by Crippen LogP contribution is 2.62. The number of rotatable bonds is 3. The number of halogens is 1. The van der Waals surface area contributed by atoms with Crippen molar-refractivity contribution in [1.29, 1.82) is 0 Å². The van der Waals surface area contributed by atoms with Crippen molar-refractivity contribution in [3.05, 3.63) is 70.0 Å². The van der Waals surface area contributed by atoms with Crippen LogP contribution in [0.4, 0.5) is 0 Å². The Morgan fingerprint density at radius 3 is 2.80 bits per heavy atom. The number of carbonyl (C=O) groups is 1. The Balaban J connectivity index is 1.60. The topological polar surface area (TPSA) is 81.3 Å². The minimum absolute atomic E-state index is 0.0540. The van der Waals surface area contributed by atoms with E-state index in [2.05, 4.69) is 44.1 Å². The predicted molar refractivity (Wildman–Crippen MR) is 116 cm³/mol. The summed E-state index contributed by atoms with van der Waals surface area (Å²) in [5, 5.41) is 0. The van der Waals surface area contributed by atoms with Crippen LogP contribution < -0.4 is 5.73 Å². The molecule has 0 radical (unpaired) electrons. The number of nitrogens with two attached hydrogens (primary N) is 1. The van der Waals surface area contributed by atoms with E-state index in [4.69, 9.17) is 10.5 Å². The van der Waals surface area contributed by atoms with Gasteiger partial charge < -0.3 is 10.5 Å². The molecule has 5 rings (SSSR count). The van der Waals surface area contributed by atoms with Crippen LogP contribution in [0.5, 0.6) is 0 Å². The van der Waals surface area contributed by atoms with E-state index >= 15 is 0 Å². The molecule has 1 saturated carbocycles. The summed E-state index contributed by atoms with van der Waals surface area (Å²) in [7, 11) is 1.78. The van der Waals surface area contributed by atoms with Crippen molar-refractivity contribution in [3.63, 3.8) is 0 Å². The van der Waals surface area contributed by atoms with Gasteiger partial charge in [0.2, 0.25) is 5.91 Å². The summed E-state index contributed by atoms with van der Waals surface area (Å²) < 4.78 is 6.61. The highest BCUT2D eigenvalue weighted by Gasteiger charge is 2.64. The predicted octanol–water partition coefficient (Wildman–Crippen LogP) is 3.45. The molecule has 0 unspecified atom stereocenters. The van der Waals surface area contributed by atoms with E-state index < -0.39 is 5.41 Å². The van der Waals surface area contributed by atoms with Crippen LogP contribution in [0, 0.1) is 5.41 Å². The molecular formula is C23H25BrN4O2. The number of hydrogen-bond donors (Lipinski definition) is 1. The van der Waals surface area contributed by atoms with Crippen LogP contribution in [0.2, 0.25) is 0 Å². The normalized spacial score (nSPS) is 30.2. The molecule has 2 aromatic rings. The van der Waals surface area contributed by atoms with Crippen molar-refractivity contribution >= 4 is 21.8 Å². The summed E-state index contributed by atoms with van der Waals surface area (Å²) in [5.74, 6) is 0.560. The van der Waals surface area contributed by atoms with Gasteiger partial charge in [-0.3, -0.25) is 19.7 Å². The average Bonchev–Trinajstić information content (AvgIpc) is 3.16. The Kier molecular flexibility index (Phi) is 4.71. The number of hydrogen-bond acceptors (Lipinski definition) is 5. The first-order valence-corrected chi connectivity index (χ1v) is 11.2. The van der Waals surface area contributed by atoms with Crippen molar-refractivity contribution < 1.29 is 9.53 Å². The van der Waals surface area contributed by atoms with Crippen molar-refractivity contribution in [2.45, 2.75) is 50.2 Å². The van der Waals surface area contributed by atoms with Gasteiger partial charge in [0, 0.05) is 24.0 Å². The first-order chi connectivity index (χ1) is 14.5. The summed E-state index contributed by atoms with van der Waals surface area (Å²) in [5.41, 5.74) is 8.63. The molecule has 6 nitrogen and oxygen atoms in total. The summed E-state index contributed by atoms with van der Waals surface area (Å²) in [6, 6.07) is 6.33. The third kappa shape index (κ3) is 2.75. The maximum Gasteiger partial charge on any atom is 0.243 e. The molecule has 2 N–H and O–H groups in total. The molecule has 2 aliphatic carbocycles. The molecular weight excluding hydrogens is 444 g/mol. The number of aromatic nitrogens is 2. The first kappa shape index (κ1) is 19.7. The highest BCUT2D eigenvalue weighted by molar-refractivity contribution is 9.10. The van der Waals surface area contributed by atoms with Crippen LogP contribution in [0.15, 0.2) is 53.2 Å². The van der Waals surface area contributed by atoms with Crippen LogP contribution >= 0.6 is 15.9 Å². The van der Waals surface area contributed by atoms with Crippen molar-refractivity contribution in [1.82, 2.24) is 14.9 Å². The van der Waals surface area contributed by atoms with Gasteiger partial charge in [-0.1, -0.05) is 22.0 Å². The number of carbonyl (C=O) groups excluding carboxylic acids is 1. The Bertz CT molecular complexity index is 1020. The van der Waals surface area contributed by atoms with Gasteiger partial charge in [0.25, 0.3) is 0 Å². The van der Waals surface area contributed by atoms with E-state index in [0.717, 1.165) is 47.8 Å². The van der Waals surface area contributed by atoms with E-state index in [1.165, 1.54) is 5.56 Å². The molecule has 0 bridgehead atoms. The van der Waals surface area contributed by atoms with Crippen LogP contribution in [0.3, 0.4) is 0 Å². The number of nitrogens with zero attached hydrogens (tertiary/aromatic N) is 3. The molecule has 1 atom stereocenters. The standard InChI is InChI=1S/C23H25BrN4O2/c1-30-18-4-6-22(7-5-18)11-15-2-3-16(24)10-19(15)23(22)12-20(25)28(21(23)29)14-17-13-26-8-9-27-17/h2-3,8-10,12-13,18H,4-7,11,14,25H2,1H3/t18?,22?,23-/m1/s1. The van der Waals surface area contributed by atoms with Gasteiger partial charge in [-0.2, -0.15) is 0 Å². The van der Waals surface area contributed by atoms with Gasteiger partial charge in [0.1, 0.15) is 11.2 Å². The molecule has 30 heavy (non-hydrogen) atoms. The summed E-state index contributed by atoms with van der Waals surface area (Å²) >= 11 is 3.62. The maximum absolute atomic E-state index is 14.1. The Hall–Kier alpha value is -2.25. The van der Waals surface area contributed by atoms with Crippen molar-refractivity contribution in [3.8, 4) is 0 Å². The number of fused-ring (bicyclic) bond motifs is 3. The molecule has 1 aromatic carbocycles. The fourth-order valence-corrected chi connectivity index (χ4v) is 6.17. The number of ether oxygens (including phenoxy) is 1. The minimum atomic E-state index is -0.739. The highest BCUT2D eigenvalue weighted by atomic mass is 79.9. The quantitative estimate of drug-likeness (QED) is 0.745. The maximum atomic E-state index is 14.1. The average molecular weight is 469 g/mol. The van der Waals surface area contributed by atoms with Gasteiger partial charge >= 0.3 is 0 Å². The second-order valence-electron chi connectivity index (χ2n) is 8.66. The van der Waals surface area contributed by atoms with Crippen LogP contribution in [0.25, 0.3) is 0 Å². The van der Waals surface area contributed by atoms with Gasteiger partial charge in [0.15, 0.2) is 0 Å². The largest absolute Gasteiger partial charge is 0.385 e. The lowest BCUT2D eigenvalue weighted by molar-refractivity contribution is -0.138. The molecule has 2 heterocycles. The van der Waals surface area contributed by atoms with Crippen molar-refractivity contribution in [2.24, 2.45) is 11.1 Å². The van der Waals surface area contributed by atoms with Crippen LogP contribution in [-0.2, 0) is 27.9 Å². The smallest absolute Gasteiger partial charge is 0.243 e. The zero-order valence-corrected chi connectivity index (χ0v) is 18.6. The summed E-state index contributed by atoms with van der Waals surface area (Å²) in [4.78, 5) is 24.3. The van der Waals surface area contributed by atoms with E-state index in [1.807, 2.05) is 6.08 Å². The second kappa shape index (κ2) is 7.17. The van der Waals surface area contributed by atoms with E-state index in [0.29, 0.717) is 12.4 Å². The summed E-state index contributed by atoms with van der Waals surface area (Å²) in [6.07, 6.45) is 11.9. The lowest BCUT2D eigenvalue weighted by Gasteiger charge is -2.46. The molecule has 0 saturated heterocycles. The monoisotopic (exact) mass is 468 g/mol. The van der Waals surface area contributed by atoms with Gasteiger partial charge in [-0.15, -0.1) is 0 Å². The molecule has 1 aliphatic heterocycles. The third-order valence-corrected chi connectivity index (χ3v) is 7.77. The van der Waals surface area contributed by atoms with Gasteiger partial charge in [-0.05, 0) is 66.9 Å². The zero-order valence-electron chi connectivity index (χ0n) is 17.0. The molecule has 2 spiro atoms. The van der Waals surface area contributed by atoms with E-state index in [1.54, 1.807) is 30.6 Å². The molecule has 156 valence electrons. The van der Waals surface area contributed by atoms with E-state index in [-0.39, 0.29) is 17.4 Å². The lowest BCUT2D eigenvalue weighted by atomic mass is 9.57. The number of methoxy groups -OCH3 is 1. The number of benzene rings is 1. The van der Waals surface area contributed by atoms with E-state index in [9.17, 15) is 4.79 Å². The van der Waals surface area contributed by atoms with Crippen molar-refractivity contribution in [2.75, 3.05) is 7.11 Å². The molecule has 3 aliphatic rings. The Morgan fingerprint density at radius 1 is 1.30 bits per heavy atom. The number of amides is 1. The Morgan fingerprint density at radius 2 is 2.10 bits per heavy atom. The minimum Gasteiger partial charge on any atom is -0.385 e. The van der Waals surface area contributed by atoms with Gasteiger partial charge in [0.05, 0.1) is 24.5 Å².